The number of fused-ring (bicyclic) bond motifs is 1. The molecule has 2 heterocycles. The van der Waals surface area contributed by atoms with Gasteiger partial charge in [0.25, 0.3) is 5.92 Å². The zero-order valence-electron chi connectivity index (χ0n) is 17.8. The van der Waals surface area contributed by atoms with Crippen LogP contribution in [0.1, 0.15) is 50.3 Å². The van der Waals surface area contributed by atoms with E-state index in [0.29, 0.717) is 35.3 Å². The van der Waals surface area contributed by atoms with Crippen molar-refractivity contribution >= 4 is 28.5 Å². The van der Waals surface area contributed by atoms with Crippen LogP contribution in [-0.4, -0.2) is 15.0 Å². The zero-order valence-corrected chi connectivity index (χ0v) is 18.6. The van der Waals surface area contributed by atoms with E-state index in [4.69, 9.17) is 11.6 Å². The number of nitriles is 1. The van der Waals surface area contributed by atoms with Gasteiger partial charge in [0.05, 0.1) is 22.4 Å². The minimum atomic E-state index is -3.35. The summed E-state index contributed by atoms with van der Waals surface area (Å²) in [4.78, 5) is 12.6. The molecule has 5 nitrogen and oxygen atoms in total. The average molecular weight is 460 g/mol. The van der Waals surface area contributed by atoms with E-state index in [1.54, 1.807) is 6.07 Å². The third-order valence-electron chi connectivity index (χ3n) is 5.86. The number of aromatic nitrogens is 3. The van der Waals surface area contributed by atoms with Crippen LogP contribution in [0.4, 0.5) is 19.0 Å². The summed E-state index contributed by atoms with van der Waals surface area (Å²) in [6.45, 7) is 4.03. The molecule has 0 unspecified atom stereocenters. The normalized spacial score (nSPS) is 15.4. The van der Waals surface area contributed by atoms with Crippen molar-refractivity contribution in [2.45, 2.75) is 51.5 Å². The minimum absolute atomic E-state index is 0.0760. The Bertz CT molecular complexity index is 1240. The van der Waals surface area contributed by atoms with E-state index >= 15 is 4.39 Å². The molecular weight excluding hydrogens is 439 g/mol. The van der Waals surface area contributed by atoms with Crippen LogP contribution in [0.25, 0.3) is 11.0 Å². The second-order valence-electron chi connectivity index (χ2n) is 9.07. The molecule has 0 aliphatic heterocycles. The predicted molar refractivity (Wildman–Crippen MR) is 116 cm³/mol. The van der Waals surface area contributed by atoms with E-state index < -0.39 is 28.1 Å². The van der Waals surface area contributed by atoms with Crippen molar-refractivity contribution in [1.29, 1.82) is 5.26 Å². The number of benzene rings is 1. The lowest BCUT2D eigenvalue weighted by atomic mass is 9.83. The van der Waals surface area contributed by atoms with Crippen LogP contribution >= 0.6 is 11.6 Å². The lowest BCUT2D eigenvalue weighted by Gasteiger charge is -2.31. The van der Waals surface area contributed by atoms with Crippen molar-refractivity contribution in [3.8, 4) is 6.07 Å². The summed E-state index contributed by atoms with van der Waals surface area (Å²) in [5.41, 5.74) is -1.75. The summed E-state index contributed by atoms with van der Waals surface area (Å²) in [6.07, 6.45) is 2.66. The maximum Gasteiger partial charge on any atom is 0.280 e. The Balaban J connectivity index is 1.68. The summed E-state index contributed by atoms with van der Waals surface area (Å²) in [7, 11) is 0. The molecule has 1 fully saturated rings. The molecule has 1 saturated carbocycles. The predicted octanol–water partition coefficient (Wildman–Crippen LogP) is 6.12. The number of nitrogens with one attached hydrogen (secondary N) is 1. The highest BCUT2D eigenvalue weighted by molar-refractivity contribution is 6.30. The topological polar surface area (TPSA) is 74.5 Å². The Labute approximate surface area is 188 Å². The smallest absolute Gasteiger partial charge is 0.280 e. The molecule has 4 rings (SSSR count). The number of hydrogen-bond donors (Lipinski definition) is 1. The molecule has 32 heavy (non-hydrogen) atoms. The van der Waals surface area contributed by atoms with Gasteiger partial charge >= 0.3 is 0 Å². The third kappa shape index (κ3) is 3.65. The average Bonchev–Trinajstić information content (AvgIpc) is 3.52. The molecule has 1 aliphatic carbocycles. The van der Waals surface area contributed by atoms with Crippen LogP contribution < -0.4 is 5.32 Å². The van der Waals surface area contributed by atoms with Gasteiger partial charge in [-0.05, 0) is 18.9 Å². The summed E-state index contributed by atoms with van der Waals surface area (Å²) in [5.74, 6) is -3.96. The molecule has 0 amide bonds. The first-order chi connectivity index (χ1) is 15.0. The summed E-state index contributed by atoms with van der Waals surface area (Å²) >= 11 is 6.29. The van der Waals surface area contributed by atoms with E-state index in [0.717, 1.165) is 6.07 Å². The van der Waals surface area contributed by atoms with Gasteiger partial charge in [0.2, 0.25) is 0 Å². The molecule has 166 valence electrons. The van der Waals surface area contributed by atoms with Gasteiger partial charge in [-0.3, -0.25) is 0 Å². The van der Waals surface area contributed by atoms with Crippen LogP contribution in [0.5, 0.6) is 0 Å². The van der Waals surface area contributed by atoms with Gasteiger partial charge in [0.1, 0.15) is 23.1 Å². The first-order valence-corrected chi connectivity index (χ1v) is 10.5. The quantitative estimate of drug-likeness (QED) is 0.465. The van der Waals surface area contributed by atoms with Crippen molar-refractivity contribution < 1.29 is 13.2 Å². The number of alkyl halides is 2. The fraction of sp³-hybridized carbons (Fsp3) is 0.391. The summed E-state index contributed by atoms with van der Waals surface area (Å²) in [6, 6.07) is 7.98. The van der Waals surface area contributed by atoms with Crippen molar-refractivity contribution in [3.05, 3.63) is 58.3 Å². The molecule has 0 radical (unpaired) electrons. The first kappa shape index (κ1) is 22.3. The second kappa shape index (κ2) is 7.59. The molecule has 1 N–H and O–H groups in total. The number of pyridine rings is 1. The van der Waals surface area contributed by atoms with E-state index in [-0.39, 0.29) is 17.3 Å². The molecule has 0 saturated heterocycles. The molecule has 1 aromatic carbocycles. The van der Waals surface area contributed by atoms with Crippen molar-refractivity contribution in [1.82, 2.24) is 15.0 Å². The van der Waals surface area contributed by atoms with Gasteiger partial charge in [-0.15, -0.1) is 0 Å². The van der Waals surface area contributed by atoms with Crippen LogP contribution in [0.2, 0.25) is 5.15 Å². The first-order valence-electron chi connectivity index (χ1n) is 10.1. The zero-order chi connectivity index (χ0) is 23.3. The van der Waals surface area contributed by atoms with Crippen molar-refractivity contribution in [2.24, 2.45) is 5.41 Å². The summed E-state index contributed by atoms with van der Waals surface area (Å²) in [5, 5.41) is 13.2. The van der Waals surface area contributed by atoms with Crippen LogP contribution in [0.3, 0.4) is 0 Å². The van der Waals surface area contributed by atoms with Gasteiger partial charge in [0.15, 0.2) is 5.65 Å². The van der Waals surface area contributed by atoms with E-state index in [2.05, 4.69) is 26.3 Å². The van der Waals surface area contributed by atoms with E-state index in [1.807, 2.05) is 0 Å². The van der Waals surface area contributed by atoms with Gasteiger partial charge in [-0.1, -0.05) is 50.6 Å². The Kier molecular flexibility index (Phi) is 5.29. The summed E-state index contributed by atoms with van der Waals surface area (Å²) < 4.78 is 44.6. The van der Waals surface area contributed by atoms with Crippen LogP contribution in [0, 0.1) is 22.6 Å². The fourth-order valence-corrected chi connectivity index (χ4v) is 3.87. The van der Waals surface area contributed by atoms with E-state index in [1.165, 1.54) is 39.2 Å². The van der Waals surface area contributed by atoms with Gasteiger partial charge in [-0.25, -0.2) is 28.1 Å². The monoisotopic (exact) mass is 459 g/mol. The number of hydrogen-bond acceptors (Lipinski definition) is 5. The van der Waals surface area contributed by atoms with Gasteiger partial charge in [0, 0.05) is 23.1 Å². The Hall–Kier alpha value is -2.92. The molecule has 2 aromatic heterocycles. The number of anilines is 1. The number of halogens is 4. The third-order valence-corrected chi connectivity index (χ3v) is 6.15. The van der Waals surface area contributed by atoms with Gasteiger partial charge in [-0.2, -0.15) is 5.26 Å². The molecular formula is C23H21ClF3N5. The maximum atomic E-state index is 15.0. The Morgan fingerprint density at radius 3 is 2.56 bits per heavy atom. The highest BCUT2D eigenvalue weighted by Crippen LogP contribution is 2.50. The van der Waals surface area contributed by atoms with Crippen LogP contribution in [-0.2, 0) is 17.9 Å². The Morgan fingerprint density at radius 2 is 1.94 bits per heavy atom. The maximum absolute atomic E-state index is 15.0. The highest BCUT2D eigenvalue weighted by atomic mass is 35.5. The molecule has 3 aromatic rings. The minimum Gasteiger partial charge on any atom is -0.365 e. The van der Waals surface area contributed by atoms with Crippen molar-refractivity contribution in [2.75, 3.05) is 5.32 Å². The molecule has 9 heteroatoms. The van der Waals surface area contributed by atoms with Crippen molar-refractivity contribution in [3.63, 3.8) is 0 Å². The van der Waals surface area contributed by atoms with Gasteiger partial charge < -0.3 is 5.32 Å². The van der Waals surface area contributed by atoms with Crippen LogP contribution in [0.15, 0.2) is 30.6 Å². The lowest BCUT2D eigenvalue weighted by Crippen LogP contribution is -2.32. The molecule has 0 bridgehead atoms. The van der Waals surface area contributed by atoms with E-state index in [9.17, 15) is 14.0 Å². The molecule has 1 aliphatic rings. The lowest BCUT2D eigenvalue weighted by molar-refractivity contribution is -0.107. The number of rotatable bonds is 5. The molecule has 0 atom stereocenters. The molecule has 0 spiro atoms. The number of nitrogens with zero attached hydrogens (tertiary/aromatic N) is 4. The Morgan fingerprint density at radius 1 is 1.22 bits per heavy atom. The fourth-order valence-electron chi connectivity index (χ4n) is 3.55. The largest absolute Gasteiger partial charge is 0.365 e. The second-order valence-corrected chi connectivity index (χ2v) is 9.43. The highest BCUT2D eigenvalue weighted by Gasteiger charge is 2.47. The standard InChI is InChI=1S/C23H21ClF3N5/c1-21(2,3)23(26,27)15-6-4-5-13(17(15)25)10-29-19-14-9-16(22(11-28)7-8-22)18(24)32-20(14)31-12-30-19/h4-6,9,12H,7-8,10H2,1-3H3,(H,29,30,31,32). The SMILES string of the molecule is CC(C)(C)C(F)(F)c1cccc(CNc2ncnc3nc(Cl)c(C4(C#N)CC4)cc23)c1F.